The van der Waals surface area contributed by atoms with Crippen molar-refractivity contribution in [1.29, 1.82) is 0 Å². The Morgan fingerprint density at radius 2 is 1.77 bits per heavy atom. The normalized spacial score (nSPS) is 10.2. The van der Waals surface area contributed by atoms with Crippen LogP contribution in [0, 0.1) is 27.6 Å². The van der Waals surface area contributed by atoms with Crippen molar-refractivity contribution in [1.82, 2.24) is 0 Å². The van der Waals surface area contributed by atoms with Gasteiger partial charge in [0.05, 0.1) is 9.40 Å². The molecule has 0 bridgehead atoms. The van der Waals surface area contributed by atoms with Gasteiger partial charge in [0.15, 0.2) is 5.82 Å². The average molecular weight is 256 g/mol. The fourth-order valence-corrected chi connectivity index (χ4v) is 1.08. The molecule has 0 unspecified atom stereocenters. The van der Waals surface area contributed by atoms with E-state index in [0.29, 0.717) is 6.07 Å². The Morgan fingerprint density at radius 1 is 1.23 bits per heavy atom. The molecule has 0 spiro atoms. The van der Waals surface area contributed by atoms with Gasteiger partial charge in [-0.15, -0.1) is 0 Å². The molecule has 0 fully saturated rings. The van der Waals surface area contributed by atoms with E-state index in [9.17, 15) is 23.3 Å². The molecular weight excluding hydrogens is 255 g/mol. The van der Waals surface area contributed by atoms with Crippen molar-refractivity contribution in [2.45, 2.75) is 0 Å². The summed E-state index contributed by atoms with van der Waals surface area (Å²) < 4.78 is 37.2. The van der Waals surface area contributed by atoms with Crippen LogP contribution in [-0.4, -0.2) is 4.92 Å². The van der Waals surface area contributed by atoms with E-state index in [1.165, 1.54) is 0 Å². The summed E-state index contributed by atoms with van der Waals surface area (Å²) in [5.74, 6) is -5.14. The molecule has 1 aromatic carbocycles. The van der Waals surface area contributed by atoms with Gasteiger partial charge < -0.3 is 0 Å². The van der Waals surface area contributed by atoms with Crippen LogP contribution in [-0.2, 0) is 0 Å². The molecule has 3 nitrogen and oxygen atoms in total. The third-order valence-corrected chi connectivity index (χ3v) is 1.86. The van der Waals surface area contributed by atoms with Crippen molar-refractivity contribution in [2.75, 3.05) is 0 Å². The molecule has 1 aromatic rings. The molecule has 70 valence electrons. The first-order chi connectivity index (χ1) is 5.95. The first-order valence-electron chi connectivity index (χ1n) is 2.92. The van der Waals surface area contributed by atoms with E-state index in [0.717, 1.165) is 0 Å². The fourth-order valence-electron chi connectivity index (χ4n) is 0.693. The summed E-state index contributed by atoms with van der Waals surface area (Å²) in [7, 11) is 0. The minimum absolute atomic E-state index is 0.488. The van der Waals surface area contributed by atoms with E-state index < -0.39 is 32.5 Å². The second kappa shape index (κ2) is 3.33. The van der Waals surface area contributed by atoms with Crippen LogP contribution in [0.3, 0.4) is 0 Å². The van der Waals surface area contributed by atoms with Gasteiger partial charge in [0, 0.05) is 6.07 Å². The Morgan fingerprint density at radius 3 is 2.23 bits per heavy atom. The molecule has 0 amide bonds. The van der Waals surface area contributed by atoms with Crippen molar-refractivity contribution in [3.8, 4) is 0 Å². The summed E-state index contributed by atoms with van der Waals surface area (Å²) in [6.45, 7) is 0. The molecule has 0 heterocycles. The van der Waals surface area contributed by atoms with Gasteiger partial charge >= 0.3 is 5.69 Å². The first-order valence-corrected chi connectivity index (χ1v) is 3.72. The second-order valence-corrected chi connectivity index (χ2v) is 2.93. The Balaban J connectivity index is 3.50. The standard InChI is InChI=1S/C6HBrF3NO2/c7-2-1-3(11(12)13)5(9)6(10)4(2)8/h1H. The van der Waals surface area contributed by atoms with Gasteiger partial charge in [-0.3, -0.25) is 10.1 Å². The van der Waals surface area contributed by atoms with Gasteiger partial charge in [-0.2, -0.15) is 4.39 Å². The highest BCUT2D eigenvalue weighted by molar-refractivity contribution is 9.10. The smallest absolute Gasteiger partial charge is 0.258 e. The second-order valence-electron chi connectivity index (χ2n) is 2.08. The predicted molar refractivity (Wildman–Crippen MR) is 40.7 cm³/mol. The van der Waals surface area contributed by atoms with Crippen LogP contribution < -0.4 is 0 Å². The third kappa shape index (κ3) is 1.64. The number of benzene rings is 1. The molecule has 0 saturated carbocycles. The molecule has 13 heavy (non-hydrogen) atoms. The molecule has 7 heteroatoms. The number of hydrogen-bond donors (Lipinski definition) is 0. The van der Waals surface area contributed by atoms with Crippen LogP contribution in [0.5, 0.6) is 0 Å². The maximum Gasteiger partial charge on any atom is 0.309 e. The first kappa shape index (κ1) is 9.97. The van der Waals surface area contributed by atoms with Crippen molar-refractivity contribution in [2.24, 2.45) is 0 Å². The fraction of sp³-hybridized carbons (Fsp3) is 0. The Hall–Kier alpha value is -1.11. The molecule has 0 aliphatic rings. The van der Waals surface area contributed by atoms with Crippen LogP contribution in [0.4, 0.5) is 18.9 Å². The van der Waals surface area contributed by atoms with E-state index in [1.807, 2.05) is 0 Å². The van der Waals surface area contributed by atoms with E-state index in [2.05, 4.69) is 15.9 Å². The largest absolute Gasteiger partial charge is 0.309 e. The van der Waals surface area contributed by atoms with Crippen LogP contribution in [0.2, 0.25) is 0 Å². The highest BCUT2D eigenvalue weighted by Crippen LogP contribution is 2.28. The monoisotopic (exact) mass is 255 g/mol. The summed E-state index contributed by atoms with van der Waals surface area (Å²) in [6.07, 6.45) is 0. The van der Waals surface area contributed by atoms with Crippen molar-refractivity contribution >= 4 is 21.6 Å². The summed E-state index contributed by atoms with van der Waals surface area (Å²) in [6, 6.07) is 0.563. The van der Waals surface area contributed by atoms with E-state index in [1.54, 1.807) is 0 Å². The lowest BCUT2D eigenvalue weighted by Gasteiger charge is -1.98. The quantitative estimate of drug-likeness (QED) is 0.335. The SMILES string of the molecule is O=[N+]([O-])c1cc(Br)c(F)c(F)c1F. The average Bonchev–Trinajstić information content (AvgIpc) is 2.07. The molecule has 0 radical (unpaired) electrons. The molecule has 0 saturated heterocycles. The van der Waals surface area contributed by atoms with Gasteiger partial charge in [0.25, 0.3) is 0 Å². The van der Waals surface area contributed by atoms with Crippen molar-refractivity contribution < 1.29 is 18.1 Å². The van der Waals surface area contributed by atoms with Crippen LogP contribution in [0.15, 0.2) is 10.5 Å². The minimum atomic E-state index is -1.86. The Bertz CT molecular complexity index is 383. The molecule has 0 aromatic heterocycles. The summed E-state index contributed by atoms with van der Waals surface area (Å²) >= 11 is 2.51. The number of hydrogen-bond acceptors (Lipinski definition) is 2. The maximum absolute atomic E-state index is 12.6. The zero-order chi connectivity index (χ0) is 10.2. The van der Waals surface area contributed by atoms with Gasteiger partial charge in [-0.25, -0.2) is 8.78 Å². The molecular formula is C6HBrF3NO2. The number of halogens is 4. The molecule has 0 atom stereocenters. The summed E-state index contributed by atoms with van der Waals surface area (Å²) in [4.78, 5) is 8.96. The number of nitro benzene ring substituents is 1. The maximum atomic E-state index is 12.6. The van der Waals surface area contributed by atoms with Crippen LogP contribution >= 0.6 is 15.9 Å². The van der Waals surface area contributed by atoms with E-state index in [-0.39, 0.29) is 0 Å². The number of nitro groups is 1. The van der Waals surface area contributed by atoms with Gasteiger partial charge in [-0.1, -0.05) is 0 Å². The third-order valence-electron chi connectivity index (χ3n) is 1.28. The van der Waals surface area contributed by atoms with Crippen LogP contribution in [0.25, 0.3) is 0 Å². The predicted octanol–water partition coefficient (Wildman–Crippen LogP) is 2.77. The lowest BCUT2D eigenvalue weighted by Crippen LogP contribution is -1.99. The molecule has 1 rings (SSSR count). The molecule has 0 aliphatic carbocycles. The highest BCUT2D eigenvalue weighted by atomic mass is 79.9. The molecule has 0 N–H and O–H groups in total. The summed E-state index contributed by atoms with van der Waals surface area (Å²) in [5.41, 5.74) is -1.11. The molecule has 0 aliphatic heterocycles. The zero-order valence-electron chi connectivity index (χ0n) is 5.85. The topological polar surface area (TPSA) is 43.1 Å². The number of nitrogens with zero attached hydrogens (tertiary/aromatic N) is 1. The van der Waals surface area contributed by atoms with Gasteiger partial charge in [0.1, 0.15) is 0 Å². The lowest BCUT2D eigenvalue weighted by molar-refractivity contribution is -0.387. The van der Waals surface area contributed by atoms with Gasteiger partial charge in [0.2, 0.25) is 11.6 Å². The Kier molecular flexibility index (Phi) is 2.55. The summed E-state index contributed by atoms with van der Waals surface area (Å²) in [5, 5.41) is 10.1. The lowest BCUT2D eigenvalue weighted by atomic mass is 10.3. The van der Waals surface area contributed by atoms with Gasteiger partial charge in [-0.05, 0) is 15.9 Å². The van der Waals surface area contributed by atoms with E-state index >= 15 is 0 Å². The van der Waals surface area contributed by atoms with Crippen LogP contribution in [0.1, 0.15) is 0 Å². The van der Waals surface area contributed by atoms with Crippen molar-refractivity contribution in [3.05, 3.63) is 38.1 Å². The Labute approximate surface area is 78.4 Å². The van der Waals surface area contributed by atoms with Crippen molar-refractivity contribution in [3.63, 3.8) is 0 Å². The number of rotatable bonds is 1. The highest BCUT2D eigenvalue weighted by Gasteiger charge is 2.24. The minimum Gasteiger partial charge on any atom is -0.258 e. The van der Waals surface area contributed by atoms with E-state index in [4.69, 9.17) is 0 Å². The zero-order valence-corrected chi connectivity index (χ0v) is 7.44.